The zero-order valence-electron chi connectivity index (χ0n) is 11.1. The molecule has 114 valence electrons. The summed E-state index contributed by atoms with van der Waals surface area (Å²) in [4.78, 5) is 0. The van der Waals surface area contributed by atoms with Crippen LogP contribution in [0.15, 0.2) is 69.6 Å². The van der Waals surface area contributed by atoms with Crippen molar-refractivity contribution in [2.24, 2.45) is 0 Å². The SMILES string of the molecule is Brc1cc(-c2ccccc2)[o+]c2ccccc12.[O-][Cl+3]([O-])([O-])[O-]. The van der Waals surface area contributed by atoms with Crippen LogP contribution in [0.1, 0.15) is 0 Å². The molecule has 0 N–H and O–H groups in total. The smallest absolute Gasteiger partial charge is 0.222 e. The molecule has 0 aliphatic heterocycles. The van der Waals surface area contributed by atoms with Gasteiger partial charge in [0.05, 0.1) is 17.0 Å². The maximum absolute atomic E-state index is 8.49. The van der Waals surface area contributed by atoms with Crippen LogP contribution in [0.4, 0.5) is 0 Å². The number of hydrogen-bond acceptors (Lipinski definition) is 4. The summed E-state index contributed by atoms with van der Waals surface area (Å²) in [6.45, 7) is 0. The van der Waals surface area contributed by atoms with Crippen molar-refractivity contribution in [2.75, 3.05) is 0 Å². The van der Waals surface area contributed by atoms with Gasteiger partial charge >= 0.3 is 11.3 Å². The molecule has 5 nitrogen and oxygen atoms in total. The van der Waals surface area contributed by atoms with Crippen LogP contribution in [-0.4, -0.2) is 0 Å². The van der Waals surface area contributed by atoms with Gasteiger partial charge in [-0.2, -0.15) is 0 Å². The minimum atomic E-state index is -4.94. The molecular formula is C15H10BrClO5. The fraction of sp³-hybridized carbons (Fsp3) is 0. The predicted molar refractivity (Wildman–Crippen MR) is 73.8 cm³/mol. The van der Waals surface area contributed by atoms with Gasteiger partial charge in [-0.15, -0.1) is 10.2 Å². The number of halogens is 2. The Balaban J connectivity index is 0.000000309. The molecule has 1 aromatic heterocycles. The lowest BCUT2D eigenvalue weighted by Crippen LogP contribution is -2.68. The number of para-hydroxylation sites is 1. The molecule has 0 radical (unpaired) electrons. The first-order valence-electron chi connectivity index (χ1n) is 6.03. The van der Waals surface area contributed by atoms with Gasteiger partial charge in [-0.25, -0.2) is 23.1 Å². The quantitative estimate of drug-likeness (QED) is 0.564. The molecule has 0 unspecified atom stereocenters. The Kier molecular flexibility index (Phi) is 5.47. The minimum Gasteiger partial charge on any atom is -0.222 e. The summed E-state index contributed by atoms with van der Waals surface area (Å²) >= 11 is 3.58. The van der Waals surface area contributed by atoms with Gasteiger partial charge in [-0.3, -0.25) is 0 Å². The van der Waals surface area contributed by atoms with E-state index < -0.39 is 10.2 Å². The molecule has 1 heterocycles. The highest BCUT2D eigenvalue weighted by molar-refractivity contribution is 9.10. The standard InChI is InChI=1S/C15H10BrO.ClHO4/c16-13-10-15(11-6-2-1-3-7-11)17-14-9-5-4-8-12(13)14;2-1(3,4)5/h1-10H;(H,2,3,4,5)/q+1;/p-1. The monoisotopic (exact) mass is 384 g/mol. The van der Waals surface area contributed by atoms with Crippen LogP contribution in [0.5, 0.6) is 0 Å². The van der Waals surface area contributed by atoms with Gasteiger partial charge in [0.1, 0.15) is 0 Å². The fourth-order valence-electron chi connectivity index (χ4n) is 1.84. The lowest BCUT2D eigenvalue weighted by Gasteiger charge is -2.17. The Morgan fingerprint density at radius 3 is 2.00 bits per heavy atom. The Morgan fingerprint density at radius 2 is 1.36 bits per heavy atom. The Hall–Kier alpha value is -1.54. The van der Waals surface area contributed by atoms with Crippen molar-refractivity contribution in [3.63, 3.8) is 0 Å². The largest absolute Gasteiger partial charge is 0.361 e. The first-order valence-corrected chi connectivity index (χ1v) is 8.06. The Morgan fingerprint density at radius 1 is 0.818 bits per heavy atom. The van der Waals surface area contributed by atoms with Crippen LogP contribution in [0.25, 0.3) is 22.3 Å². The Labute approximate surface area is 136 Å². The van der Waals surface area contributed by atoms with E-state index in [0.29, 0.717) is 0 Å². The van der Waals surface area contributed by atoms with E-state index in [1.165, 1.54) is 0 Å². The van der Waals surface area contributed by atoms with E-state index in [1.54, 1.807) is 0 Å². The third kappa shape index (κ3) is 5.03. The van der Waals surface area contributed by atoms with Gasteiger partial charge in [0, 0.05) is 10.5 Å². The van der Waals surface area contributed by atoms with E-state index in [-0.39, 0.29) is 0 Å². The molecule has 0 spiro atoms. The van der Waals surface area contributed by atoms with Gasteiger partial charge in [-0.05, 0) is 34.1 Å². The van der Waals surface area contributed by atoms with Crippen molar-refractivity contribution in [3.05, 3.63) is 65.1 Å². The molecule has 0 aliphatic carbocycles. The van der Waals surface area contributed by atoms with Gasteiger partial charge in [0.15, 0.2) is 0 Å². The molecule has 0 saturated carbocycles. The fourth-order valence-corrected chi connectivity index (χ4v) is 2.37. The highest BCUT2D eigenvalue weighted by Crippen LogP contribution is 2.30. The molecule has 22 heavy (non-hydrogen) atoms. The van der Waals surface area contributed by atoms with Crippen LogP contribution in [-0.2, 0) is 0 Å². The maximum atomic E-state index is 8.49. The van der Waals surface area contributed by atoms with E-state index in [0.717, 1.165) is 26.8 Å². The summed E-state index contributed by atoms with van der Waals surface area (Å²) in [7, 11) is -4.94. The zero-order chi connectivity index (χ0) is 16.2. The highest BCUT2D eigenvalue weighted by atomic mass is 79.9. The van der Waals surface area contributed by atoms with Gasteiger partial charge < -0.3 is 0 Å². The lowest BCUT2D eigenvalue weighted by molar-refractivity contribution is -2.00. The van der Waals surface area contributed by atoms with Crippen molar-refractivity contribution in [3.8, 4) is 11.3 Å². The van der Waals surface area contributed by atoms with E-state index in [9.17, 15) is 0 Å². The summed E-state index contributed by atoms with van der Waals surface area (Å²) in [5, 5.41) is 1.09. The number of hydrogen-bond donors (Lipinski definition) is 0. The molecule has 0 aliphatic rings. The lowest BCUT2D eigenvalue weighted by atomic mass is 10.1. The minimum absolute atomic E-state index is 0.871. The predicted octanol–water partition coefficient (Wildman–Crippen LogP) is 0.387. The van der Waals surface area contributed by atoms with Crippen LogP contribution < -0.4 is 18.6 Å². The summed E-state index contributed by atoms with van der Waals surface area (Å²) in [5.74, 6) is 0.871. The van der Waals surface area contributed by atoms with Crippen molar-refractivity contribution in [1.82, 2.24) is 0 Å². The summed E-state index contributed by atoms with van der Waals surface area (Å²) < 4.78 is 40.9. The summed E-state index contributed by atoms with van der Waals surface area (Å²) in [6.07, 6.45) is 0. The van der Waals surface area contributed by atoms with E-state index in [4.69, 9.17) is 23.1 Å². The molecule has 0 atom stereocenters. The molecule has 3 rings (SSSR count). The van der Waals surface area contributed by atoms with Crippen LogP contribution in [0.2, 0.25) is 0 Å². The second-order valence-electron chi connectivity index (χ2n) is 4.20. The second kappa shape index (κ2) is 7.15. The molecule has 3 aromatic rings. The van der Waals surface area contributed by atoms with Crippen molar-refractivity contribution >= 4 is 26.9 Å². The van der Waals surface area contributed by atoms with Gasteiger partial charge in [0.2, 0.25) is 0 Å². The van der Waals surface area contributed by atoms with Crippen molar-refractivity contribution in [2.45, 2.75) is 0 Å². The molecule has 7 heteroatoms. The highest BCUT2D eigenvalue weighted by Gasteiger charge is 2.16. The Bertz CT molecular complexity index is 753. The topological polar surface area (TPSA) is 104 Å². The van der Waals surface area contributed by atoms with Gasteiger partial charge in [-0.1, -0.05) is 30.3 Å². The van der Waals surface area contributed by atoms with Crippen LogP contribution >= 0.6 is 15.9 Å². The van der Waals surface area contributed by atoms with Crippen LogP contribution in [0, 0.1) is 10.2 Å². The number of benzene rings is 2. The molecule has 0 amide bonds. The van der Waals surface area contributed by atoms with Crippen LogP contribution in [0.3, 0.4) is 0 Å². The first-order chi connectivity index (χ1) is 10.3. The average Bonchev–Trinajstić information content (AvgIpc) is 2.46. The molecule has 0 bridgehead atoms. The third-order valence-corrected chi connectivity index (χ3v) is 3.34. The first kappa shape index (κ1) is 16.8. The summed E-state index contributed by atoms with van der Waals surface area (Å²) in [5.41, 5.74) is 1.97. The molecule has 2 aromatic carbocycles. The van der Waals surface area contributed by atoms with E-state index >= 15 is 0 Å². The molecular weight excluding hydrogens is 376 g/mol. The van der Waals surface area contributed by atoms with Gasteiger partial charge in [0.25, 0.3) is 0 Å². The summed E-state index contributed by atoms with van der Waals surface area (Å²) in [6, 6.07) is 20.1. The third-order valence-electron chi connectivity index (χ3n) is 2.68. The molecule has 0 fully saturated rings. The number of fused-ring (bicyclic) bond motifs is 1. The zero-order valence-corrected chi connectivity index (χ0v) is 13.4. The van der Waals surface area contributed by atoms with E-state index in [2.05, 4.69) is 15.9 Å². The van der Waals surface area contributed by atoms with E-state index in [1.807, 2.05) is 60.7 Å². The van der Waals surface area contributed by atoms with Crippen molar-refractivity contribution < 1.29 is 33.3 Å². The molecule has 0 saturated heterocycles. The maximum Gasteiger partial charge on any atom is 0.361 e. The average molecular weight is 386 g/mol. The normalized spacial score (nSPS) is 11.0. The number of rotatable bonds is 1. The second-order valence-corrected chi connectivity index (χ2v) is 5.81. The van der Waals surface area contributed by atoms with Crippen molar-refractivity contribution in [1.29, 1.82) is 0 Å².